The van der Waals surface area contributed by atoms with Gasteiger partial charge in [0.2, 0.25) is 0 Å². The first kappa shape index (κ1) is 18.1. The highest BCUT2D eigenvalue weighted by molar-refractivity contribution is 6.07. The van der Waals surface area contributed by atoms with E-state index in [-0.39, 0.29) is 5.78 Å². The Morgan fingerprint density at radius 3 is 2.30 bits per heavy atom. The molecule has 0 fully saturated rings. The molecule has 0 aliphatic rings. The van der Waals surface area contributed by atoms with Crippen LogP contribution in [0.15, 0.2) is 84.9 Å². The van der Waals surface area contributed by atoms with Gasteiger partial charge in [-0.15, -0.1) is 0 Å². The molecule has 0 spiro atoms. The summed E-state index contributed by atoms with van der Waals surface area (Å²) in [4.78, 5) is 24.7. The summed E-state index contributed by atoms with van der Waals surface area (Å²) in [5, 5.41) is 0. The Morgan fingerprint density at radius 2 is 1.52 bits per heavy atom. The van der Waals surface area contributed by atoms with Gasteiger partial charge in [-0.2, -0.15) is 0 Å². The summed E-state index contributed by atoms with van der Waals surface area (Å²) in [6.45, 7) is 0. The summed E-state index contributed by atoms with van der Waals surface area (Å²) in [6, 6.07) is 22.8. The number of esters is 1. The molecule has 3 rings (SSSR count). The lowest BCUT2D eigenvalue weighted by atomic mass is 10.1. The van der Waals surface area contributed by atoms with Gasteiger partial charge in [0.25, 0.3) is 0 Å². The number of methoxy groups -OCH3 is 1. The first-order valence-electron chi connectivity index (χ1n) is 8.40. The van der Waals surface area contributed by atoms with E-state index in [1.807, 2.05) is 24.3 Å². The summed E-state index contributed by atoms with van der Waals surface area (Å²) in [6.07, 6.45) is 3.11. The van der Waals surface area contributed by atoms with E-state index in [2.05, 4.69) is 0 Å². The molecule has 134 valence electrons. The standard InChI is InChI=1S/C23H18O4/c1-26-20-12-7-11-19(16-20)23(25)27-22-13-6-5-10-18(22)14-15-21(24)17-8-3-2-4-9-17/h2-16H,1H3. The monoisotopic (exact) mass is 358 g/mol. The van der Waals surface area contributed by atoms with Gasteiger partial charge in [0.1, 0.15) is 11.5 Å². The fourth-order valence-corrected chi connectivity index (χ4v) is 2.48. The minimum Gasteiger partial charge on any atom is -0.497 e. The molecule has 4 nitrogen and oxygen atoms in total. The van der Waals surface area contributed by atoms with Gasteiger partial charge >= 0.3 is 5.97 Å². The third-order valence-electron chi connectivity index (χ3n) is 3.90. The fraction of sp³-hybridized carbons (Fsp3) is 0.0435. The van der Waals surface area contributed by atoms with Crippen molar-refractivity contribution in [2.24, 2.45) is 0 Å². The van der Waals surface area contributed by atoms with E-state index in [9.17, 15) is 9.59 Å². The Labute approximate surface area is 157 Å². The predicted octanol–water partition coefficient (Wildman–Crippen LogP) is 4.81. The van der Waals surface area contributed by atoms with Crippen LogP contribution in [0, 0.1) is 0 Å². The number of ether oxygens (including phenoxy) is 2. The zero-order chi connectivity index (χ0) is 19.1. The molecule has 0 N–H and O–H groups in total. The summed E-state index contributed by atoms with van der Waals surface area (Å²) in [7, 11) is 1.54. The number of rotatable bonds is 6. The summed E-state index contributed by atoms with van der Waals surface area (Å²) in [5.74, 6) is 0.335. The number of ketones is 1. The molecular formula is C23H18O4. The number of benzene rings is 3. The van der Waals surface area contributed by atoms with Crippen molar-refractivity contribution >= 4 is 17.8 Å². The van der Waals surface area contributed by atoms with Crippen molar-refractivity contribution in [2.75, 3.05) is 7.11 Å². The van der Waals surface area contributed by atoms with Crippen molar-refractivity contribution in [3.63, 3.8) is 0 Å². The topological polar surface area (TPSA) is 52.6 Å². The zero-order valence-electron chi connectivity index (χ0n) is 14.8. The number of hydrogen-bond donors (Lipinski definition) is 0. The molecule has 0 heterocycles. The van der Waals surface area contributed by atoms with Gasteiger partial charge in [0.05, 0.1) is 12.7 Å². The minimum atomic E-state index is -0.496. The molecule has 0 bridgehead atoms. The van der Waals surface area contributed by atoms with Crippen LogP contribution in [0.2, 0.25) is 0 Å². The van der Waals surface area contributed by atoms with Crippen LogP contribution in [0.4, 0.5) is 0 Å². The predicted molar refractivity (Wildman–Crippen MR) is 104 cm³/mol. The smallest absolute Gasteiger partial charge is 0.343 e. The second-order valence-electron chi connectivity index (χ2n) is 5.72. The van der Waals surface area contributed by atoms with Gasteiger partial charge < -0.3 is 9.47 Å². The van der Waals surface area contributed by atoms with Crippen LogP contribution in [0.3, 0.4) is 0 Å². The number of allylic oxidation sites excluding steroid dienone is 1. The maximum Gasteiger partial charge on any atom is 0.343 e. The Morgan fingerprint density at radius 1 is 0.815 bits per heavy atom. The van der Waals surface area contributed by atoms with Crippen molar-refractivity contribution in [1.82, 2.24) is 0 Å². The average molecular weight is 358 g/mol. The van der Waals surface area contributed by atoms with Gasteiger partial charge in [-0.3, -0.25) is 4.79 Å². The van der Waals surface area contributed by atoms with Crippen LogP contribution < -0.4 is 9.47 Å². The maximum atomic E-state index is 12.4. The first-order valence-corrected chi connectivity index (χ1v) is 8.40. The van der Waals surface area contributed by atoms with Gasteiger partial charge in [-0.25, -0.2) is 4.79 Å². The minimum absolute atomic E-state index is 0.121. The van der Waals surface area contributed by atoms with Crippen molar-refractivity contribution in [1.29, 1.82) is 0 Å². The number of hydrogen-bond acceptors (Lipinski definition) is 4. The van der Waals surface area contributed by atoms with E-state index in [4.69, 9.17) is 9.47 Å². The Bertz CT molecular complexity index is 974. The molecular weight excluding hydrogens is 340 g/mol. The van der Waals surface area contributed by atoms with E-state index < -0.39 is 5.97 Å². The van der Waals surface area contributed by atoms with Crippen LogP contribution in [0.25, 0.3) is 6.08 Å². The van der Waals surface area contributed by atoms with Crippen molar-refractivity contribution in [3.8, 4) is 11.5 Å². The Hall–Kier alpha value is -3.66. The molecule has 0 radical (unpaired) electrons. The van der Waals surface area contributed by atoms with Crippen molar-refractivity contribution in [3.05, 3.63) is 102 Å². The van der Waals surface area contributed by atoms with Gasteiger partial charge in [-0.05, 0) is 36.4 Å². The molecule has 4 heteroatoms. The number of para-hydroxylation sites is 1. The third-order valence-corrected chi connectivity index (χ3v) is 3.90. The van der Waals surface area contributed by atoms with E-state index in [0.717, 1.165) is 0 Å². The molecule has 0 atom stereocenters. The van der Waals surface area contributed by atoms with Gasteiger partial charge in [0, 0.05) is 11.1 Å². The molecule has 0 saturated carbocycles. The highest BCUT2D eigenvalue weighted by Crippen LogP contribution is 2.22. The molecule has 0 aliphatic heterocycles. The van der Waals surface area contributed by atoms with Crippen molar-refractivity contribution < 1.29 is 19.1 Å². The van der Waals surface area contributed by atoms with Gasteiger partial charge in [0.15, 0.2) is 5.78 Å². The SMILES string of the molecule is COc1cccc(C(=O)Oc2ccccc2C=CC(=O)c2ccccc2)c1. The van der Waals surface area contributed by atoms with E-state index >= 15 is 0 Å². The molecule has 0 unspecified atom stereocenters. The summed E-state index contributed by atoms with van der Waals surface area (Å²) >= 11 is 0. The van der Waals surface area contributed by atoms with Crippen LogP contribution in [0.1, 0.15) is 26.3 Å². The first-order chi connectivity index (χ1) is 13.2. The van der Waals surface area contributed by atoms with E-state index in [1.54, 1.807) is 60.7 Å². The third kappa shape index (κ3) is 4.70. The molecule has 3 aromatic carbocycles. The maximum absolute atomic E-state index is 12.4. The fourth-order valence-electron chi connectivity index (χ4n) is 2.48. The highest BCUT2D eigenvalue weighted by atomic mass is 16.5. The molecule has 0 saturated heterocycles. The Kier molecular flexibility index (Phi) is 5.80. The lowest BCUT2D eigenvalue weighted by molar-refractivity contribution is 0.0734. The lowest BCUT2D eigenvalue weighted by Crippen LogP contribution is -2.09. The zero-order valence-corrected chi connectivity index (χ0v) is 14.8. The molecule has 0 aromatic heterocycles. The number of carbonyl (C=O) groups excluding carboxylic acids is 2. The largest absolute Gasteiger partial charge is 0.497 e. The van der Waals surface area contributed by atoms with E-state index in [0.29, 0.717) is 28.2 Å². The van der Waals surface area contributed by atoms with Crippen LogP contribution in [-0.2, 0) is 0 Å². The number of carbonyl (C=O) groups is 2. The summed E-state index contributed by atoms with van der Waals surface area (Å²) < 4.78 is 10.6. The van der Waals surface area contributed by atoms with Crippen LogP contribution in [0.5, 0.6) is 11.5 Å². The van der Waals surface area contributed by atoms with E-state index in [1.165, 1.54) is 13.2 Å². The average Bonchev–Trinajstić information content (AvgIpc) is 2.73. The second-order valence-corrected chi connectivity index (χ2v) is 5.72. The quantitative estimate of drug-likeness (QED) is 0.275. The normalized spacial score (nSPS) is 10.6. The van der Waals surface area contributed by atoms with Crippen LogP contribution >= 0.6 is 0 Å². The lowest BCUT2D eigenvalue weighted by Gasteiger charge is -2.08. The van der Waals surface area contributed by atoms with Crippen molar-refractivity contribution in [2.45, 2.75) is 0 Å². The van der Waals surface area contributed by atoms with Crippen LogP contribution in [-0.4, -0.2) is 18.9 Å². The molecule has 27 heavy (non-hydrogen) atoms. The molecule has 0 aliphatic carbocycles. The Balaban J connectivity index is 1.78. The van der Waals surface area contributed by atoms with Gasteiger partial charge in [-0.1, -0.05) is 54.6 Å². The highest BCUT2D eigenvalue weighted by Gasteiger charge is 2.11. The molecule has 3 aromatic rings. The summed E-state index contributed by atoms with van der Waals surface area (Å²) in [5.41, 5.74) is 1.62. The second kappa shape index (κ2) is 8.63. The molecule has 0 amide bonds.